The minimum Gasteiger partial charge on any atom is -0.481 e. The van der Waals surface area contributed by atoms with E-state index in [4.69, 9.17) is 0 Å². The molecule has 0 aliphatic rings. The number of hydrogen-bond donors (Lipinski definition) is 3. The van der Waals surface area contributed by atoms with Crippen molar-refractivity contribution in [2.45, 2.75) is 45.2 Å². The lowest BCUT2D eigenvalue weighted by Gasteiger charge is -2.16. The number of H-pyrrole nitrogens is 1. The van der Waals surface area contributed by atoms with Crippen LogP contribution >= 0.6 is 0 Å². The number of rotatable bonds is 12. The molecule has 11 heteroatoms. The SMILES string of the molecule is CCCc1cc(C(=O)N[C@@H](CC(=O)O)Cc2ccccc2F)nn1Cc1ccc(-c2ccccc2-c2nn[nH]n2)cc1. The molecule has 0 saturated heterocycles. The maximum absolute atomic E-state index is 14.2. The minimum absolute atomic E-state index is 0.0510. The van der Waals surface area contributed by atoms with E-state index in [0.717, 1.165) is 34.4 Å². The first-order valence-electron chi connectivity index (χ1n) is 13.7. The topological polar surface area (TPSA) is 139 Å². The number of carboxylic acids is 1. The smallest absolute Gasteiger partial charge is 0.305 e. The molecule has 2 aromatic heterocycles. The Morgan fingerprint density at radius 3 is 2.45 bits per heavy atom. The Labute approximate surface area is 241 Å². The number of nitrogens with zero attached hydrogens (tertiary/aromatic N) is 5. The third-order valence-corrected chi connectivity index (χ3v) is 6.89. The molecule has 1 amide bonds. The Bertz CT molecular complexity index is 1670. The van der Waals surface area contributed by atoms with Gasteiger partial charge in [-0.2, -0.15) is 10.3 Å². The number of tetrazole rings is 1. The van der Waals surface area contributed by atoms with Crippen LogP contribution in [0.25, 0.3) is 22.5 Å². The molecule has 214 valence electrons. The molecule has 3 aromatic carbocycles. The molecule has 0 unspecified atom stereocenters. The quantitative estimate of drug-likeness (QED) is 0.199. The molecule has 0 aliphatic heterocycles. The molecule has 0 fully saturated rings. The average Bonchev–Trinajstić information content (AvgIpc) is 3.66. The van der Waals surface area contributed by atoms with E-state index in [9.17, 15) is 19.1 Å². The van der Waals surface area contributed by atoms with Gasteiger partial charge in [-0.05, 0) is 52.4 Å². The second kappa shape index (κ2) is 13.0. The average molecular weight is 568 g/mol. The predicted molar refractivity (Wildman–Crippen MR) is 154 cm³/mol. The normalized spacial score (nSPS) is 11.8. The molecule has 42 heavy (non-hydrogen) atoms. The van der Waals surface area contributed by atoms with Gasteiger partial charge in [0.1, 0.15) is 11.5 Å². The van der Waals surface area contributed by atoms with Gasteiger partial charge in [0, 0.05) is 17.3 Å². The van der Waals surface area contributed by atoms with Crippen molar-refractivity contribution in [2.75, 3.05) is 0 Å². The van der Waals surface area contributed by atoms with E-state index in [0.29, 0.717) is 24.4 Å². The van der Waals surface area contributed by atoms with Crippen molar-refractivity contribution < 1.29 is 19.1 Å². The molecule has 5 rings (SSSR count). The summed E-state index contributed by atoms with van der Waals surface area (Å²) in [5.41, 5.74) is 5.24. The zero-order chi connectivity index (χ0) is 29.5. The van der Waals surface area contributed by atoms with E-state index in [1.165, 1.54) is 6.07 Å². The maximum Gasteiger partial charge on any atom is 0.305 e. The van der Waals surface area contributed by atoms with Crippen LogP contribution in [0.15, 0.2) is 78.9 Å². The third-order valence-electron chi connectivity index (χ3n) is 6.89. The number of amides is 1. The van der Waals surface area contributed by atoms with Crippen molar-refractivity contribution in [3.05, 3.63) is 107 Å². The molecular weight excluding hydrogens is 537 g/mol. The van der Waals surface area contributed by atoms with Gasteiger partial charge in [-0.15, -0.1) is 10.2 Å². The van der Waals surface area contributed by atoms with E-state index in [2.05, 4.69) is 31.0 Å². The van der Waals surface area contributed by atoms with Gasteiger partial charge in [0.25, 0.3) is 5.91 Å². The zero-order valence-corrected chi connectivity index (χ0v) is 23.0. The predicted octanol–water partition coefficient (Wildman–Crippen LogP) is 4.69. The summed E-state index contributed by atoms with van der Waals surface area (Å²) >= 11 is 0. The van der Waals surface area contributed by atoms with Crippen molar-refractivity contribution in [3.63, 3.8) is 0 Å². The number of carbonyl (C=O) groups is 2. The highest BCUT2D eigenvalue weighted by Crippen LogP contribution is 2.30. The second-order valence-corrected chi connectivity index (χ2v) is 9.97. The van der Waals surface area contributed by atoms with E-state index in [-0.39, 0.29) is 18.5 Å². The second-order valence-electron chi connectivity index (χ2n) is 9.97. The molecule has 0 aliphatic carbocycles. The highest BCUT2D eigenvalue weighted by atomic mass is 19.1. The van der Waals surface area contributed by atoms with Crippen LogP contribution in [0.1, 0.15) is 47.1 Å². The van der Waals surface area contributed by atoms with Crippen LogP contribution in [0.3, 0.4) is 0 Å². The first kappa shape index (κ1) is 28.3. The molecule has 2 heterocycles. The van der Waals surface area contributed by atoms with Crippen molar-refractivity contribution in [1.29, 1.82) is 0 Å². The van der Waals surface area contributed by atoms with Crippen molar-refractivity contribution in [2.24, 2.45) is 0 Å². The Balaban J connectivity index is 1.33. The number of halogens is 1. The Morgan fingerprint density at radius 1 is 1.02 bits per heavy atom. The number of hydrogen-bond acceptors (Lipinski definition) is 6. The number of aromatic nitrogens is 6. The largest absolute Gasteiger partial charge is 0.481 e. The van der Waals surface area contributed by atoms with Crippen LogP contribution in [-0.4, -0.2) is 53.4 Å². The van der Waals surface area contributed by atoms with Crippen LogP contribution < -0.4 is 5.32 Å². The van der Waals surface area contributed by atoms with Crippen LogP contribution in [0.5, 0.6) is 0 Å². The number of carboxylic acid groups (broad SMARTS) is 1. The summed E-state index contributed by atoms with van der Waals surface area (Å²) in [5, 5.41) is 31.1. The lowest BCUT2D eigenvalue weighted by Crippen LogP contribution is -2.38. The maximum atomic E-state index is 14.2. The molecule has 0 saturated carbocycles. The number of benzene rings is 3. The molecule has 5 aromatic rings. The number of aryl methyl sites for hydroxylation is 1. The summed E-state index contributed by atoms with van der Waals surface area (Å²) in [7, 11) is 0. The molecule has 0 bridgehead atoms. The summed E-state index contributed by atoms with van der Waals surface area (Å²) in [6.07, 6.45) is 1.28. The van der Waals surface area contributed by atoms with Crippen LogP contribution in [-0.2, 0) is 24.2 Å². The van der Waals surface area contributed by atoms with Crippen molar-refractivity contribution >= 4 is 11.9 Å². The summed E-state index contributed by atoms with van der Waals surface area (Å²) in [5.74, 6) is -1.51. The Kier molecular flexibility index (Phi) is 8.76. The number of aliphatic carboxylic acids is 1. The van der Waals surface area contributed by atoms with Gasteiger partial charge in [-0.25, -0.2) is 4.39 Å². The van der Waals surface area contributed by atoms with Crippen molar-refractivity contribution in [3.8, 4) is 22.5 Å². The summed E-state index contributed by atoms with van der Waals surface area (Å²) < 4.78 is 16.0. The molecule has 0 radical (unpaired) electrons. The van der Waals surface area contributed by atoms with Crippen LogP contribution in [0.2, 0.25) is 0 Å². The Hall–Kier alpha value is -5.19. The van der Waals surface area contributed by atoms with Gasteiger partial charge in [-0.3, -0.25) is 14.3 Å². The minimum atomic E-state index is -1.09. The third kappa shape index (κ3) is 6.74. The summed E-state index contributed by atoms with van der Waals surface area (Å²) in [6, 6.07) is 23.0. The van der Waals surface area contributed by atoms with E-state index < -0.39 is 23.7 Å². The van der Waals surface area contributed by atoms with E-state index in [1.54, 1.807) is 28.9 Å². The first-order chi connectivity index (χ1) is 20.4. The lowest BCUT2D eigenvalue weighted by molar-refractivity contribution is -0.137. The van der Waals surface area contributed by atoms with E-state index >= 15 is 0 Å². The molecule has 10 nitrogen and oxygen atoms in total. The molecule has 1 atom stereocenters. The first-order valence-corrected chi connectivity index (χ1v) is 13.7. The van der Waals surface area contributed by atoms with Gasteiger partial charge >= 0.3 is 5.97 Å². The van der Waals surface area contributed by atoms with Gasteiger partial charge in [0.15, 0.2) is 0 Å². The van der Waals surface area contributed by atoms with E-state index in [1.807, 2.05) is 55.5 Å². The summed E-state index contributed by atoms with van der Waals surface area (Å²) in [6.45, 7) is 2.49. The highest BCUT2D eigenvalue weighted by molar-refractivity contribution is 5.93. The fraction of sp³-hybridized carbons (Fsp3) is 0.226. The summed E-state index contributed by atoms with van der Waals surface area (Å²) in [4.78, 5) is 24.6. The molecule has 3 N–H and O–H groups in total. The zero-order valence-electron chi connectivity index (χ0n) is 23.0. The monoisotopic (exact) mass is 567 g/mol. The van der Waals surface area contributed by atoms with Gasteiger partial charge in [0.2, 0.25) is 5.82 Å². The van der Waals surface area contributed by atoms with Crippen molar-refractivity contribution in [1.82, 2.24) is 35.7 Å². The fourth-order valence-electron chi connectivity index (χ4n) is 4.90. The number of aromatic amines is 1. The standard InChI is InChI=1S/C31H30FN7O3/c1-2-7-24-18-28(31(42)33-23(17-29(40)41)16-22-8-3-6-11-27(22)32)36-39(24)19-20-12-14-21(15-13-20)25-9-4-5-10-26(25)30-34-37-38-35-30/h3-6,8-15,18,23H,2,7,16-17,19H2,1H3,(H,33,42)(H,40,41)(H,34,35,37,38)/t23-/m1/s1. The Morgan fingerprint density at radius 2 is 1.76 bits per heavy atom. The molecule has 0 spiro atoms. The van der Waals surface area contributed by atoms with Crippen LogP contribution in [0, 0.1) is 5.82 Å². The van der Waals surface area contributed by atoms with Gasteiger partial charge in [0.05, 0.1) is 13.0 Å². The van der Waals surface area contributed by atoms with Gasteiger partial charge in [-0.1, -0.05) is 80.1 Å². The van der Waals surface area contributed by atoms with Crippen LogP contribution in [0.4, 0.5) is 4.39 Å². The van der Waals surface area contributed by atoms with Gasteiger partial charge < -0.3 is 10.4 Å². The molecular formula is C31H30FN7O3. The fourth-order valence-corrected chi connectivity index (χ4v) is 4.90. The number of nitrogens with one attached hydrogen (secondary N) is 2. The number of carbonyl (C=O) groups excluding carboxylic acids is 1. The highest BCUT2D eigenvalue weighted by Gasteiger charge is 2.22. The lowest BCUT2D eigenvalue weighted by atomic mass is 9.98.